The molecule has 0 spiro atoms. The third-order valence-electron chi connectivity index (χ3n) is 2.34. The number of fused-ring (bicyclic) bond motifs is 1. The van der Waals surface area contributed by atoms with Crippen molar-refractivity contribution in [3.63, 3.8) is 0 Å². The van der Waals surface area contributed by atoms with Crippen molar-refractivity contribution in [2.45, 2.75) is 13.5 Å². The van der Waals surface area contributed by atoms with Gasteiger partial charge in [0, 0.05) is 6.20 Å². The van der Waals surface area contributed by atoms with E-state index >= 15 is 0 Å². The zero-order valence-electron chi connectivity index (χ0n) is 9.14. The van der Waals surface area contributed by atoms with Gasteiger partial charge in [0.15, 0.2) is 0 Å². The van der Waals surface area contributed by atoms with Gasteiger partial charge in [-0.15, -0.1) is 10.2 Å². The molecule has 0 radical (unpaired) electrons. The third kappa shape index (κ3) is 1.96. The minimum absolute atomic E-state index is 0.656. The van der Waals surface area contributed by atoms with Crippen LogP contribution >= 0.6 is 11.3 Å². The van der Waals surface area contributed by atoms with Gasteiger partial charge in [0.25, 0.3) is 0 Å². The summed E-state index contributed by atoms with van der Waals surface area (Å²) in [4.78, 5) is 4.20. The predicted molar refractivity (Wildman–Crippen MR) is 65.9 cm³/mol. The van der Waals surface area contributed by atoms with Gasteiger partial charge < -0.3 is 5.32 Å². The molecular formula is C10H10N6S. The van der Waals surface area contributed by atoms with Gasteiger partial charge in [-0.05, 0) is 13.0 Å². The van der Waals surface area contributed by atoms with Gasteiger partial charge >= 0.3 is 0 Å². The lowest BCUT2D eigenvalue weighted by Crippen LogP contribution is -2.00. The van der Waals surface area contributed by atoms with Crippen LogP contribution in [0.4, 0.5) is 5.69 Å². The Morgan fingerprint density at radius 2 is 2.35 bits per heavy atom. The Balaban J connectivity index is 1.83. The smallest absolute Gasteiger partial charge is 0.136 e. The first-order chi connectivity index (χ1) is 8.33. The van der Waals surface area contributed by atoms with E-state index in [9.17, 15) is 0 Å². The van der Waals surface area contributed by atoms with Gasteiger partial charge in [-0.1, -0.05) is 11.3 Å². The number of nitrogens with zero attached hydrogens (tertiary/aromatic N) is 4. The molecule has 3 aromatic heterocycles. The summed E-state index contributed by atoms with van der Waals surface area (Å²) < 4.78 is 0. The van der Waals surface area contributed by atoms with E-state index < -0.39 is 0 Å². The summed E-state index contributed by atoms with van der Waals surface area (Å²) in [6.07, 6.45) is 3.46. The van der Waals surface area contributed by atoms with Crippen molar-refractivity contribution in [3.05, 3.63) is 28.5 Å². The van der Waals surface area contributed by atoms with Gasteiger partial charge in [-0.25, -0.2) is 0 Å². The second-order valence-electron chi connectivity index (χ2n) is 3.56. The van der Waals surface area contributed by atoms with E-state index in [1.165, 1.54) is 0 Å². The first-order valence-electron chi connectivity index (χ1n) is 5.14. The molecule has 3 aromatic rings. The number of H-pyrrole nitrogens is 1. The lowest BCUT2D eigenvalue weighted by Gasteiger charge is -2.03. The molecule has 0 atom stereocenters. The van der Waals surface area contributed by atoms with Crippen LogP contribution in [0.2, 0.25) is 0 Å². The molecule has 7 heteroatoms. The number of anilines is 1. The topological polar surface area (TPSA) is 79.4 Å². The largest absolute Gasteiger partial charge is 0.377 e. The van der Waals surface area contributed by atoms with Crippen LogP contribution in [0.15, 0.2) is 18.5 Å². The van der Waals surface area contributed by atoms with Crippen molar-refractivity contribution in [1.82, 2.24) is 25.4 Å². The second kappa shape index (κ2) is 4.10. The molecule has 3 heterocycles. The number of rotatable bonds is 3. The maximum atomic E-state index is 4.20. The summed E-state index contributed by atoms with van der Waals surface area (Å²) in [6.45, 7) is 2.60. The Hall–Kier alpha value is -2.02. The quantitative estimate of drug-likeness (QED) is 0.735. The van der Waals surface area contributed by atoms with E-state index in [0.29, 0.717) is 6.54 Å². The van der Waals surface area contributed by atoms with Crippen LogP contribution in [-0.2, 0) is 6.54 Å². The molecule has 0 aliphatic rings. The maximum absolute atomic E-state index is 4.20. The van der Waals surface area contributed by atoms with Gasteiger partial charge in [-0.2, -0.15) is 5.10 Å². The molecule has 86 valence electrons. The van der Waals surface area contributed by atoms with E-state index in [1.54, 1.807) is 23.7 Å². The Morgan fingerprint density at radius 3 is 3.18 bits per heavy atom. The number of pyridine rings is 1. The van der Waals surface area contributed by atoms with E-state index in [1.807, 2.05) is 13.0 Å². The Labute approximate surface area is 101 Å². The molecule has 2 N–H and O–H groups in total. The molecule has 17 heavy (non-hydrogen) atoms. The van der Waals surface area contributed by atoms with E-state index in [2.05, 4.69) is 30.7 Å². The van der Waals surface area contributed by atoms with Gasteiger partial charge in [0.05, 0.1) is 18.4 Å². The molecule has 0 aliphatic heterocycles. The molecule has 0 saturated carbocycles. The Morgan fingerprint density at radius 1 is 1.41 bits per heavy atom. The molecule has 0 bridgehead atoms. The van der Waals surface area contributed by atoms with Crippen molar-refractivity contribution in [2.24, 2.45) is 0 Å². The summed E-state index contributed by atoms with van der Waals surface area (Å²) >= 11 is 1.59. The summed E-state index contributed by atoms with van der Waals surface area (Å²) in [5, 5.41) is 20.2. The van der Waals surface area contributed by atoms with Crippen molar-refractivity contribution in [2.75, 3.05) is 5.32 Å². The van der Waals surface area contributed by atoms with Crippen LogP contribution in [-0.4, -0.2) is 25.4 Å². The third-order valence-corrected chi connectivity index (χ3v) is 3.18. The van der Waals surface area contributed by atoms with Crippen LogP contribution in [0, 0.1) is 6.92 Å². The minimum atomic E-state index is 0.656. The zero-order valence-corrected chi connectivity index (χ0v) is 9.95. The van der Waals surface area contributed by atoms with E-state index in [4.69, 9.17) is 0 Å². The van der Waals surface area contributed by atoms with Crippen molar-refractivity contribution < 1.29 is 0 Å². The van der Waals surface area contributed by atoms with Gasteiger partial charge in [0.2, 0.25) is 0 Å². The fraction of sp³-hybridized carbons (Fsp3) is 0.200. The van der Waals surface area contributed by atoms with E-state index in [-0.39, 0.29) is 0 Å². The average molecular weight is 246 g/mol. The number of hydrogen-bond acceptors (Lipinski definition) is 6. The number of aromatic nitrogens is 5. The molecule has 3 rings (SSSR count). The lowest BCUT2D eigenvalue weighted by atomic mass is 10.3. The van der Waals surface area contributed by atoms with Gasteiger partial charge in [-0.3, -0.25) is 10.1 Å². The van der Waals surface area contributed by atoms with Crippen LogP contribution in [0.5, 0.6) is 0 Å². The first kappa shape index (κ1) is 10.2. The fourth-order valence-electron chi connectivity index (χ4n) is 1.58. The predicted octanol–water partition coefficient (Wildman–Crippen LogP) is 1.73. The Kier molecular flexibility index (Phi) is 2.45. The summed E-state index contributed by atoms with van der Waals surface area (Å²) in [5.41, 5.74) is 2.73. The molecule has 0 aliphatic carbocycles. The number of hydrogen-bond donors (Lipinski definition) is 2. The fourth-order valence-corrected chi connectivity index (χ4v) is 2.23. The van der Waals surface area contributed by atoms with Crippen molar-refractivity contribution in [3.8, 4) is 0 Å². The maximum Gasteiger partial charge on any atom is 0.136 e. The summed E-state index contributed by atoms with van der Waals surface area (Å²) in [5.74, 6) is 0. The average Bonchev–Trinajstić information content (AvgIpc) is 2.94. The monoisotopic (exact) mass is 246 g/mol. The highest BCUT2D eigenvalue weighted by Crippen LogP contribution is 2.19. The van der Waals surface area contributed by atoms with Crippen molar-refractivity contribution >= 4 is 28.1 Å². The molecule has 0 unspecified atom stereocenters. The highest BCUT2D eigenvalue weighted by atomic mass is 32.1. The normalized spacial score (nSPS) is 10.9. The minimum Gasteiger partial charge on any atom is -0.377 e. The van der Waals surface area contributed by atoms with Crippen LogP contribution in [0.25, 0.3) is 11.0 Å². The molecule has 0 aromatic carbocycles. The number of aromatic amines is 1. The second-order valence-corrected chi connectivity index (χ2v) is 4.82. The molecule has 0 saturated heterocycles. The standard InChI is InChI=1S/C10H10N6S/c1-6-14-15-9(17-6)5-12-7-2-3-11-8-4-13-16-10(7)8/h2-4H,5H2,1H3,(H,11,12)(H,13,16). The Bertz CT molecular complexity index is 643. The summed E-state index contributed by atoms with van der Waals surface area (Å²) in [6, 6.07) is 1.91. The van der Waals surface area contributed by atoms with Crippen LogP contribution in [0.1, 0.15) is 10.0 Å². The van der Waals surface area contributed by atoms with Crippen LogP contribution < -0.4 is 5.32 Å². The van der Waals surface area contributed by atoms with E-state index in [0.717, 1.165) is 26.7 Å². The lowest BCUT2D eigenvalue weighted by molar-refractivity contribution is 0.971. The molecule has 0 fully saturated rings. The zero-order chi connectivity index (χ0) is 11.7. The number of nitrogens with one attached hydrogen (secondary N) is 2. The van der Waals surface area contributed by atoms with Crippen LogP contribution in [0.3, 0.4) is 0 Å². The first-order valence-corrected chi connectivity index (χ1v) is 5.95. The molecule has 6 nitrogen and oxygen atoms in total. The SMILES string of the molecule is Cc1nnc(CNc2ccnc3cn[nH]c23)s1. The highest BCUT2D eigenvalue weighted by Gasteiger charge is 2.05. The highest BCUT2D eigenvalue weighted by molar-refractivity contribution is 7.11. The number of aryl methyl sites for hydroxylation is 1. The van der Waals surface area contributed by atoms with Gasteiger partial charge in [0.1, 0.15) is 21.0 Å². The summed E-state index contributed by atoms with van der Waals surface area (Å²) in [7, 11) is 0. The molecule has 0 amide bonds. The molecular weight excluding hydrogens is 236 g/mol. The van der Waals surface area contributed by atoms with Crippen molar-refractivity contribution in [1.29, 1.82) is 0 Å².